The maximum absolute atomic E-state index is 4.91. The number of hydrogen-bond donors (Lipinski definition) is 1. The van der Waals surface area contributed by atoms with Crippen LogP contribution in [0.2, 0.25) is 0 Å². The van der Waals surface area contributed by atoms with Crippen LogP contribution in [0.5, 0.6) is 0 Å². The molecular weight excluding hydrogens is 234 g/mol. The lowest BCUT2D eigenvalue weighted by Gasteiger charge is -2.27. The lowest BCUT2D eigenvalue weighted by molar-refractivity contribution is 0.273. The third-order valence-corrected chi connectivity index (χ3v) is 4.89. The molecule has 1 aliphatic carbocycles. The van der Waals surface area contributed by atoms with Gasteiger partial charge in [0.2, 0.25) is 0 Å². The zero-order valence-corrected chi connectivity index (χ0v) is 12.5. The first-order valence-corrected chi connectivity index (χ1v) is 8.00. The molecule has 0 saturated heterocycles. The van der Waals surface area contributed by atoms with Gasteiger partial charge in [-0.25, -0.2) is 4.98 Å². The molecule has 3 heteroatoms. The SMILES string of the molecule is CCCc1nc2c(n1CC1(C)CCCC1)CCNC2. The molecule has 0 radical (unpaired) electrons. The van der Waals surface area contributed by atoms with E-state index in [-0.39, 0.29) is 0 Å². The first-order valence-electron chi connectivity index (χ1n) is 8.00. The van der Waals surface area contributed by atoms with E-state index in [1.165, 1.54) is 55.9 Å². The van der Waals surface area contributed by atoms with E-state index in [9.17, 15) is 0 Å². The summed E-state index contributed by atoms with van der Waals surface area (Å²) < 4.78 is 2.59. The summed E-state index contributed by atoms with van der Waals surface area (Å²) in [6, 6.07) is 0. The molecule has 1 aliphatic heterocycles. The van der Waals surface area contributed by atoms with Crippen LogP contribution in [0.1, 0.15) is 63.2 Å². The number of nitrogens with zero attached hydrogens (tertiary/aromatic N) is 2. The number of rotatable bonds is 4. The fourth-order valence-corrected chi connectivity index (χ4v) is 3.80. The molecule has 1 fully saturated rings. The number of hydrogen-bond acceptors (Lipinski definition) is 2. The summed E-state index contributed by atoms with van der Waals surface area (Å²) in [5.41, 5.74) is 3.36. The Kier molecular flexibility index (Phi) is 3.66. The summed E-state index contributed by atoms with van der Waals surface area (Å²) in [6.45, 7) is 8.01. The van der Waals surface area contributed by atoms with Gasteiger partial charge in [-0.3, -0.25) is 0 Å². The minimum atomic E-state index is 0.516. The lowest BCUT2D eigenvalue weighted by Crippen LogP contribution is -2.27. The van der Waals surface area contributed by atoms with Gasteiger partial charge in [0.05, 0.1) is 5.69 Å². The lowest BCUT2D eigenvalue weighted by atomic mass is 9.88. The molecule has 0 aromatic carbocycles. The Labute approximate surface area is 116 Å². The fourth-order valence-electron chi connectivity index (χ4n) is 3.80. The number of aryl methyl sites for hydroxylation is 1. The minimum absolute atomic E-state index is 0.516. The largest absolute Gasteiger partial charge is 0.331 e. The van der Waals surface area contributed by atoms with Gasteiger partial charge in [0.1, 0.15) is 5.82 Å². The minimum Gasteiger partial charge on any atom is -0.331 e. The molecule has 0 amide bonds. The molecule has 106 valence electrons. The Balaban J connectivity index is 1.91. The Morgan fingerprint density at radius 3 is 2.84 bits per heavy atom. The topological polar surface area (TPSA) is 29.9 Å². The van der Waals surface area contributed by atoms with Crippen molar-refractivity contribution < 1.29 is 0 Å². The second kappa shape index (κ2) is 5.28. The van der Waals surface area contributed by atoms with Gasteiger partial charge >= 0.3 is 0 Å². The van der Waals surface area contributed by atoms with Gasteiger partial charge in [-0.2, -0.15) is 0 Å². The summed E-state index contributed by atoms with van der Waals surface area (Å²) in [5, 5.41) is 3.45. The third-order valence-electron chi connectivity index (χ3n) is 4.89. The van der Waals surface area contributed by atoms with E-state index in [1.807, 2.05) is 0 Å². The average molecular weight is 261 g/mol. The molecule has 1 saturated carbocycles. The predicted molar refractivity (Wildman–Crippen MR) is 78.2 cm³/mol. The zero-order chi connectivity index (χ0) is 13.3. The van der Waals surface area contributed by atoms with Crippen molar-refractivity contribution in [3.05, 3.63) is 17.2 Å². The van der Waals surface area contributed by atoms with Crippen molar-refractivity contribution in [1.29, 1.82) is 0 Å². The van der Waals surface area contributed by atoms with Crippen molar-refractivity contribution in [2.75, 3.05) is 6.54 Å². The van der Waals surface area contributed by atoms with Gasteiger partial charge in [-0.05, 0) is 24.7 Å². The molecule has 19 heavy (non-hydrogen) atoms. The number of aromatic nitrogens is 2. The highest BCUT2D eigenvalue weighted by Gasteiger charge is 2.31. The van der Waals surface area contributed by atoms with Gasteiger partial charge in [-0.1, -0.05) is 26.7 Å². The highest BCUT2D eigenvalue weighted by molar-refractivity contribution is 5.21. The molecule has 2 aliphatic rings. The van der Waals surface area contributed by atoms with Crippen LogP contribution >= 0.6 is 0 Å². The normalized spacial score (nSPS) is 21.6. The number of fused-ring (bicyclic) bond motifs is 1. The van der Waals surface area contributed by atoms with E-state index >= 15 is 0 Å². The standard InChI is InChI=1S/C16H27N3/c1-3-6-15-18-13-11-17-10-7-14(13)19(15)12-16(2)8-4-5-9-16/h17H,3-12H2,1-2H3. The second-order valence-electron chi connectivity index (χ2n) is 6.70. The smallest absolute Gasteiger partial charge is 0.109 e. The van der Waals surface area contributed by atoms with Crippen molar-refractivity contribution in [3.8, 4) is 0 Å². The molecule has 0 bridgehead atoms. The van der Waals surface area contributed by atoms with E-state index < -0.39 is 0 Å². The van der Waals surface area contributed by atoms with E-state index in [0.717, 1.165) is 25.9 Å². The second-order valence-corrected chi connectivity index (χ2v) is 6.70. The fraction of sp³-hybridized carbons (Fsp3) is 0.812. The average Bonchev–Trinajstić information content (AvgIpc) is 2.97. The Morgan fingerprint density at radius 1 is 1.32 bits per heavy atom. The molecule has 0 atom stereocenters. The monoisotopic (exact) mass is 261 g/mol. The summed E-state index contributed by atoms with van der Waals surface area (Å²) in [5.74, 6) is 1.34. The van der Waals surface area contributed by atoms with Gasteiger partial charge in [-0.15, -0.1) is 0 Å². The first-order chi connectivity index (χ1) is 9.22. The van der Waals surface area contributed by atoms with Crippen LogP contribution in [0.15, 0.2) is 0 Å². The van der Waals surface area contributed by atoms with Gasteiger partial charge in [0.15, 0.2) is 0 Å². The van der Waals surface area contributed by atoms with Crippen molar-refractivity contribution in [2.45, 2.75) is 71.9 Å². The zero-order valence-electron chi connectivity index (χ0n) is 12.5. The molecular formula is C16H27N3. The van der Waals surface area contributed by atoms with E-state index in [0.29, 0.717) is 5.41 Å². The Bertz CT molecular complexity index is 441. The van der Waals surface area contributed by atoms with Crippen LogP contribution < -0.4 is 5.32 Å². The first kappa shape index (κ1) is 13.2. The van der Waals surface area contributed by atoms with E-state index in [1.54, 1.807) is 0 Å². The molecule has 3 nitrogen and oxygen atoms in total. The molecule has 2 heterocycles. The third kappa shape index (κ3) is 2.58. The highest BCUT2D eigenvalue weighted by atomic mass is 15.1. The van der Waals surface area contributed by atoms with Gasteiger partial charge in [0.25, 0.3) is 0 Å². The highest BCUT2D eigenvalue weighted by Crippen LogP contribution is 2.39. The van der Waals surface area contributed by atoms with Crippen LogP contribution in [-0.4, -0.2) is 16.1 Å². The van der Waals surface area contributed by atoms with Crippen LogP contribution in [0.3, 0.4) is 0 Å². The van der Waals surface area contributed by atoms with Crippen molar-refractivity contribution in [1.82, 2.24) is 14.9 Å². The Hall–Kier alpha value is -0.830. The van der Waals surface area contributed by atoms with E-state index in [2.05, 4.69) is 23.7 Å². The summed E-state index contributed by atoms with van der Waals surface area (Å²) in [7, 11) is 0. The quantitative estimate of drug-likeness (QED) is 0.902. The number of imidazole rings is 1. The van der Waals surface area contributed by atoms with Crippen molar-refractivity contribution >= 4 is 0 Å². The molecule has 0 unspecified atom stereocenters. The van der Waals surface area contributed by atoms with Crippen LogP contribution in [0.25, 0.3) is 0 Å². The molecule has 1 aromatic heterocycles. The molecule has 0 spiro atoms. The maximum atomic E-state index is 4.91. The van der Waals surface area contributed by atoms with Crippen molar-refractivity contribution in [3.63, 3.8) is 0 Å². The predicted octanol–water partition coefficient (Wildman–Crippen LogP) is 3.06. The molecule has 3 rings (SSSR count). The molecule has 1 aromatic rings. The van der Waals surface area contributed by atoms with Crippen LogP contribution in [0.4, 0.5) is 0 Å². The van der Waals surface area contributed by atoms with E-state index in [4.69, 9.17) is 4.98 Å². The van der Waals surface area contributed by atoms with Crippen molar-refractivity contribution in [2.24, 2.45) is 5.41 Å². The Morgan fingerprint density at radius 2 is 2.11 bits per heavy atom. The molecule has 1 N–H and O–H groups in total. The summed E-state index contributed by atoms with van der Waals surface area (Å²) >= 11 is 0. The maximum Gasteiger partial charge on any atom is 0.109 e. The van der Waals surface area contributed by atoms with Crippen LogP contribution in [0, 0.1) is 5.41 Å². The van der Waals surface area contributed by atoms with Crippen LogP contribution in [-0.2, 0) is 25.9 Å². The van der Waals surface area contributed by atoms with Gasteiger partial charge < -0.3 is 9.88 Å². The number of nitrogens with one attached hydrogen (secondary N) is 1. The van der Waals surface area contributed by atoms with Gasteiger partial charge in [0, 0.05) is 38.2 Å². The summed E-state index contributed by atoms with van der Waals surface area (Å²) in [6.07, 6.45) is 9.09. The summed E-state index contributed by atoms with van der Waals surface area (Å²) in [4.78, 5) is 4.91.